The summed E-state index contributed by atoms with van der Waals surface area (Å²) in [4.78, 5) is 15.8. The fraction of sp³-hybridized carbons (Fsp3) is 0.371. The molecule has 4 aromatic rings. The smallest absolute Gasteiger partial charge is 0.322 e. The van der Waals surface area contributed by atoms with Crippen molar-refractivity contribution in [2.24, 2.45) is 0 Å². The number of methoxy groups -OCH3 is 1. The van der Waals surface area contributed by atoms with E-state index in [-0.39, 0.29) is 30.3 Å². The molecule has 4 rings (SSSR count). The largest absolute Gasteiger partial charge is 1.00 e. The number of benzene rings is 3. The lowest BCUT2D eigenvalue weighted by molar-refractivity contribution is -0.870. The highest BCUT2D eigenvalue weighted by Gasteiger charge is 2.35. The standard InChI is InChI=1S/C35H40F4N4O5S2.ClH/c1-35(2,22-10-15-27(37)31(17-22)48-7)32-20-40-34(42(32)24-13-11-23(36)12-14-24)49-21-26-28(38)18-25(19-29(26)39)50(46,47)41(3)30(33(44)45)9-8-16-43(4,5)6;/h10-15,17-20,30H,8-9,16,21H2,1-7H3;1H/t30-;/m0./s1. The summed E-state index contributed by atoms with van der Waals surface area (Å²) in [6.45, 7) is 4.34. The van der Waals surface area contributed by atoms with E-state index >= 15 is 8.78 Å². The summed E-state index contributed by atoms with van der Waals surface area (Å²) in [7, 11) is 3.60. The monoisotopic (exact) mass is 772 g/mol. The molecule has 0 bridgehead atoms. The van der Waals surface area contributed by atoms with Crippen LogP contribution in [0.4, 0.5) is 17.6 Å². The van der Waals surface area contributed by atoms with E-state index in [1.807, 2.05) is 35.0 Å². The lowest BCUT2D eigenvalue weighted by atomic mass is 9.81. The van der Waals surface area contributed by atoms with Gasteiger partial charge >= 0.3 is 5.97 Å². The van der Waals surface area contributed by atoms with Gasteiger partial charge in [-0.15, -0.1) is 0 Å². The summed E-state index contributed by atoms with van der Waals surface area (Å²) in [5, 5.41) is 10.1. The maximum Gasteiger partial charge on any atom is 0.322 e. The zero-order chi connectivity index (χ0) is 37.2. The average molecular weight is 773 g/mol. The van der Waals surface area contributed by atoms with Crippen LogP contribution in [-0.2, 0) is 26.0 Å². The molecule has 51 heavy (non-hydrogen) atoms. The Morgan fingerprint density at radius 2 is 1.63 bits per heavy atom. The van der Waals surface area contributed by atoms with Crippen LogP contribution in [0.1, 0.15) is 43.5 Å². The lowest BCUT2D eigenvalue weighted by Crippen LogP contribution is -3.00. The number of quaternary nitrogens is 1. The van der Waals surface area contributed by atoms with Crippen LogP contribution in [0.2, 0.25) is 0 Å². The molecule has 1 heterocycles. The number of likely N-dealkylation sites (N-methyl/N-ethyl adjacent to an activating group) is 1. The van der Waals surface area contributed by atoms with Crippen LogP contribution in [-0.4, -0.2) is 85.7 Å². The molecule has 9 nitrogen and oxygen atoms in total. The summed E-state index contributed by atoms with van der Waals surface area (Å²) < 4.78 is 94.0. The van der Waals surface area contributed by atoms with Crippen molar-refractivity contribution in [3.8, 4) is 11.4 Å². The van der Waals surface area contributed by atoms with Crippen LogP contribution < -0.4 is 17.1 Å². The molecule has 16 heteroatoms. The number of aliphatic carboxylic acids is 1. The number of carboxylic acids is 1. The summed E-state index contributed by atoms with van der Waals surface area (Å²) >= 11 is 0.964. The molecule has 0 amide bonds. The Morgan fingerprint density at radius 1 is 1.02 bits per heavy atom. The van der Waals surface area contributed by atoms with Gasteiger partial charge in [-0.1, -0.05) is 31.7 Å². The number of carbonyl (C=O) groups is 1. The Bertz CT molecular complexity index is 1950. The fourth-order valence-corrected chi connectivity index (χ4v) is 7.85. The Hall–Kier alpha value is -3.63. The van der Waals surface area contributed by atoms with E-state index in [4.69, 9.17) is 4.74 Å². The van der Waals surface area contributed by atoms with E-state index in [2.05, 4.69) is 4.98 Å². The number of halogens is 5. The molecule has 0 aliphatic carbocycles. The maximum absolute atomic E-state index is 15.5. The number of nitrogens with zero attached hydrogens (tertiary/aromatic N) is 4. The first-order valence-corrected chi connectivity index (χ1v) is 18.0. The van der Waals surface area contributed by atoms with Crippen molar-refractivity contribution in [2.75, 3.05) is 41.8 Å². The molecule has 0 aliphatic heterocycles. The molecule has 0 saturated carbocycles. The van der Waals surface area contributed by atoms with E-state index in [9.17, 15) is 27.1 Å². The minimum absolute atomic E-state index is 0. The van der Waals surface area contributed by atoms with Crippen LogP contribution in [0, 0.1) is 23.3 Å². The molecule has 1 atom stereocenters. The van der Waals surface area contributed by atoms with Crippen LogP contribution in [0.3, 0.4) is 0 Å². The average Bonchev–Trinajstić information content (AvgIpc) is 3.47. The molecule has 0 aliphatic rings. The molecule has 0 fully saturated rings. The van der Waals surface area contributed by atoms with Crippen molar-refractivity contribution in [2.45, 2.75) is 54.0 Å². The van der Waals surface area contributed by atoms with Gasteiger partial charge < -0.3 is 26.7 Å². The minimum atomic E-state index is -4.59. The molecule has 1 aromatic heterocycles. The maximum atomic E-state index is 15.5. The first kappa shape index (κ1) is 41.8. The minimum Gasteiger partial charge on any atom is -1.00 e. The van der Waals surface area contributed by atoms with Crippen molar-refractivity contribution >= 4 is 27.8 Å². The Morgan fingerprint density at radius 3 is 2.18 bits per heavy atom. The third-order valence-corrected chi connectivity index (χ3v) is 11.3. The second-order valence-corrected chi connectivity index (χ2v) is 16.3. The Balaban J connectivity index is 0.00000702. The molecule has 0 unspecified atom stereocenters. The number of hydrogen-bond acceptors (Lipinski definition) is 6. The van der Waals surface area contributed by atoms with Crippen molar-refractivity contribution in [1.82, 2.24) is 13.9 Å². The van der Waals surface area contributed by atoms with Gasteiger partial charge in [0.15, 0.2) is 16.7 Å². The van der Waals surface area contributed by atoms with E-state index in [1.54, 1.807) is 22.9 Å². The van der Waals surface area contributed by atoms with E-state index in [0.717, 1.165) is 18.8 Å². The normalized spacial score (nSPS) is 12.9. The molecule has 1 N–H and O–H groups in total. The number of sulfonamides is 1. The summed E-state index contributed by atoms with van der Waals surface area (Å²) in [6.07, 6.45) is 1.98. The molecule has 0 radical (unpaired) electrons. The van der Waals surface area contributed by atoms with Crippen molar-refractivity contribution < 1.29 is 57.5 Å². The predicted octanol–water partition coefficient (Wildman–Crippen LogP) is 3.62. The second-order valence-electron chi connectivity index (χ2n) is 13.4. The number of imidazole rings is 1. The zero-order valence-corrected chi connectivity index (χ0v) is 31.6. The second kappa shape index (κ2) is 16.4. The van der Waals surface area contributed by atoms with Gasteiger partial charge in [0.05, 0.1) is 51.6 Å². The molecule has 0 spiro atoms. The number of thioether (sulfide) groups is 1. The van der Waals surface area contributed by atoms with E-state index < -0.39 is 61.2 Å². The first-order chi connectivity index (χ1) is 23.3. The number of rotatable bonds is 15. The molecule has 278 valence electrons. The quantitative estimate of drug-likeness (QED) is 0.112. The predicted molar refractivity (Wildman–Crippen MR) is 183 cm³/mol. The fourth-order valence-electron chi connectivity index (χ4n) is 5.47. The summed E-state index contributed by atoms with van der Waals surface area (Å²) in [5.41, 5.74) is 0.530. The first-order valence-electron chi connectivity index (χ1n) is 15.6. The van der Waals surface area contributed by atoms with Crippen LogP contribution in [0.15, 0.2) is 70.8 Å². The van der Waals surface area contributed by atoms with Gasteiger partial charge in [-0.25, -0.2) is 31.0 Å². The van der Waals surface area contributed by atoms with Gasteiger partial charge in [0.1, 0.15) is 23.5 Å². The third-order valence-electron chi connectivity index (χ3n) is 8.50. The third kappa shape index (κ3) is 9.43. The van der Waals surface area contributed by atoms with Crippen molar-refractivity contribution in [3.63, 3.8) is 0 Å². The van der Waals surface area contributed by atoms with Crippen LogP contribution in [0.25, 0.3) is 5.69 Å². The van der Waals surface area contributed by atoms with Crippen molar-refractivity contribution in [1.29, 1.82) is 0 Å². The SMILES string of the molecule is COc1cc(C(C)(C)c2cnc(SCc3c(F)cc(S(=O)(=O)N(C)[C@@H](CCC[N+](C)(C)C)C(=O)O)cc3F)n2-c2ccc(F)cc2)ccc1F.[Cl-]. The Labute approximate surface area is 306 Å². The van der Waals surface area contributed by atoms with Gasteiger partial charge in [0.25, 0.3) is 0 Å². The highest BCUT2D eigenvalue weighted by atomic mass is 35.5. The van der Waals surface area contributed by atoms with Crippen LogP contribution in [0.5, 0.6) is 5.75 Å². The lowest BCUT2D eigenvalue weighted by Gasteiger charge is -2.28. The zero-order valence-electron chi connectivity index (χ0n) is 29.3. The summed E-state index contributed by atoms with van der Waals surface area (Å²) in [5.74, 6) is -4.93. The summed E-state index contributed by atoms with van der Waals surface area (Å²) in [6, 6.07) is 9.94. The molecule has 3 aromatic carbocycles. The number of aromatic nitrogens is 2. The van der Waals surface area contributed by atoms with Crippen LogP contribution >= 0.6 is 11.8 Å². The molecular weight excluding hydrogens is 732 g/mol. The van der Waals surface area contributed by atoms with Gasteiger partial charge in [-0.05, 0) is 66.9 Å². The highest BCUT2D eigenvalue weighted by molar-refractivity contribution is 7.98. The molecule has 0 saturated heterocycles. The number of hydrogen-bond donors (Lipinski definition) is 1. The highest BCUT2D eigenvalue weighted by Crippen LogP contribution is 2.39. The number of carboxylic acid groups (broad SMARTS) is 1. The van der Waals surface area contributed by atoms with Gasteiger partial charge in [0, 0.05) is 29.5 Å². The number of ether oxygens (including phenoxy) is 1. The van der Waals surface area contributed by atoms with E-state index in [1.165, 1.54) is 37.4 Å². The van der Waals surface area contributed by atoms with Gasteiger partial charge in [-0.2, -0.15) is 4.31 Å². The topological polar surface area (TPSA) is 102 Å². The van der Waals surface area contributed by atoms with Crippen molar-refractivity contribution in [3.05, 3.63) is 101 Å². The van der Waals surface area contributed by atoms with Gasteiger partial charge in [-0.3, -0.25) is 9.36 Å². The van der Waals surface area contributed by atoms with E-state index in [0.29, 0.717) is 56.0 Å². The Kier molecular flexibility index (Phi) is 13.4. The van der Waals surface area contributed by atoms with Gasteiger partial charge in [0.2, 0.25) is 10.0 Å². The molecular formula is C35H41ClF4N4O5S2.